The van der Waals surface area contributed by atoms with E-state index < -0.39 is 0 Å². The molecular formula is C13H18ClNOS. The van der Waals surface area contributed by atoms with Crippen molar-refractivity contribution in [2.75, 3.05) is 6.61 Å². The van der Waals surface area contributed by atoms with Gasteiger partial charge in [-0.25, -0.2) is 0 Å². The smallest absolute Gasteiger partial charge is 0.0931 e. The average Bonchev–Trinajstić information content (AvgIpc) is 2.86. The highest BCUT2D eigenvalue weighted by molar-refractivity contribution is 7.16. The molecule has 1 aromatic heterocycles. The lowest BCUT2D eigenvalue weighted by Crippen LogP contribution is -2.65. The van der Waals surface area contributed by atoms with E-state index in [-0.39, 0.29) is 5.41 Å². The van der Waals surface area contributed by atoms with Crippen LogP contribution in [0.25, 0.3) is 0 Å². The van der Waals surface area contributed by atoms with E-state index in [0.29, 0.717) is 18.1 Å². The quantitative estimate of drug-likeness (QED) is 0.911. The Hall–Kier alpha value is -0.0900. The zero-order chi connectivity index (χ0) is 12.0. The van der Waals surface area contributed by atoms with Crippen molar-refractivity contribution in [2.24, 2.45) is 11.3 Å². The monoisotopic (exact) mass is 271 g/mol. The van der Waals surface area contributed by atoms with Crippen molar-refractivity contribution in [3.63, 3.8) is 0 Å². The number of thiophene rings is 1. The highest BCUT2D eigenvalue weighted by Crippen LogP contribution is 2.52. The van der Waals surface area contributed by atoms with E-state index >= 15 is 0 Å². The predicted octanol–water partition coefficient (Wildman–Crippen LogP) is 3.30. The average molecular weight is 272 g/mol. The van der Waals surface area contributed by atoms with Gasteiger partial charge in [0, 0.05) is 35.4 Å². The molecule has 3 rings (SSSR count). The van der Waals surface area contributed by atoms with Crippen molar-refractivity contribution < 1.29 is 4.74 Å². The number of hydrogen-bond acceptors (Lipinski definition) is 3. The summed E-state index contributed by atoms with van der Waals surface area (Å²) >= 11 is 7.60. The Morgan fingerprint density at radius 2 is 2.35 bits per heavy atom. The first-order chi connectivity index (χ1) is 8.09. The highest BCUT2D eigenvalue weighted by Gasteiger charge is 2.58. The molecule has 3 unspecified atom stereocenters. The van der Waals surface area contributed by atoms with Gasteiger partial charge in [-0.05, 0) is 18.6 Å². The first-order valence-electron chi connectivity index (χ1n) is 6.18. The summed E-state index contributed by atoms with van der Waals surface area (Å²) in [7, 11) is 0. The second kappa shape index (κ2) is 4.23. The summed E-state index contributed by atoms with van der Waals surface area (Å²) in [5.41, 5.74) is 0.266. The summed E-state index contributed by atoms with van der Waals surface area (Å²) in [5, 5.41) is 3.68. The van der Waals surface area contributed by atoms with Gasteiger partial charge >= 0.3 is 0 Å². The Bertz CT molecular complexity index is 417. The molecule has 4 heteroatoms. The third kappa shape index (κ3) is 1.93. The minimum Gasteiger partial charge on any atom is -0.377 e. The molecule has 1 saturated carbocycles. The molecule has 17 heavy (non-hydrogen) atoms. The molecule has 2 nitrogen and oxygen atoms in total. The van der Waals surface area contributed by atoms with Crippen LogP contribution in [0.15, 0.2) is 12.1 Å². The van der Waals surface area contributed by atoms with Gasteiger partial charge in [0.2, 0.25) is 0 Å². The third-order valence-electron chi connectivity index (χ3n) is 4.23. The number of hydrogen-bond donors (Lipinski definition) is 1. The van der Waals surface area contributed by atoms with E-state index in [9.17, 15) is 0 Å². The molecule has 0 aromatic carbocycles. The maximum Gasteiger partial charge on any atom is 0.0931 e. The van der Waals surface area contributed by atoms with Crippen LogP contribution in [-0.2, 0) is 11.3 Å². The number of halogens is 1. The second-order valence-electron chi connectivity index (χ2n) is 5.63. The molecule has 0 bridgehead atoms. The minimum atomic E-state index is 0.266. The molecule has 3 atom stereocenters. The Balaban J connectivity index is 1.62. The van der Waals surface area contributed by atoms with Crippen LogP contribution in [0, 0.1) is 11.3 Å². The van der Waals surface area contributed by atoms with E-state index in [1.54, 1.807) is 11.3 Å². The molecule has 2 heterocycles. The molecule has 0 radical (unpaired) electrons. The SMILES string of the molecule is CC1(C)C(NCc2ccc(Cl)s2)C2CCOC21. The first kappa shape index (κ1) is 12.0. The van der Waals surface area contributed by atoms with Crippen LogP contribution in [0.5, 0.6) is 0 Å². The fraction of sp³-hybridized carbons (Fsp3) is 0.692. The molecule has 1 saturated heterocycles. The van der Waals surface area contributed by atoms with E-state index in [1.807, 2.05) is 6.07 Å². The van der Waals surface area contributed by atoms with Gasteiger partial charge < -0.3 is 10.1 Å². The van der Waals surface area contributed by atoms with Gasteiger partial charge in [0.1, 0.15) is 0 Å². The highest BCUT2D eigenvalue weighted by atomic mass is 35.5. The lowest BCUT2D eigenvalue weighted by atomic mass is 9.57. The van der Waals surface area contributed by atoms with E-state index in [0.717, 1.165) is 17.5 Å². The summed E-state index contributed by atoms with van der Waals surface area (Å²) in [6, 6.07) is 4.65. The van der Waals surface area contributed by atoms with Crippen molar-refractivity contribution in [1.82, 2.24) is 5.32 Å². The molecular weight excluding hydrogens is 254 g/mol. The summed E-state index contributed by atoms with van der Waals surface area (Å²) in [6.45, 7) is 6.47. The van der Waals surface area contributed by atoms with Crippen LogP contribution in [0.2, 0.25) is 4.34 Å². The Morgan fingerprint density at radius 3 is 3.06 bits per heavy atom. The van der Waals surface area contributed by atoms with Gasteiger partial charge in [-0.1, -0.05) is 25.4 Å². The summed E-state index contributed by atoms with van der Waals surface area (Å²) in [5.74, 6) is 0.709. The van der Waals surface area contributed by atoms with E-state index in [1.165, 1.54) is 11.3 Å². The van der Waals surface area contributed by atoms with Crippen LogP contribution in [0.3, 0.4) is 0 Å². The minimum absolute atomic E-state index is 0.266. The Kier molecular flexibility index (Phi) is 2.98. The third-order valence-corrected chi connectivity index (χ3v) is 5.46. The van der Waals surface area contributed by atoms with Crippen LogP contribution in [-0.4, -0.2) is 18.8 Å². The van der Waals surface area contributed by atoms with Crippen molar-refractivity contribution in [1.29, 1.82) is 0 Å². The fourth-order valence-corrected chi connectivity index (χ4v) is 4.43. The second-order valence-corrected chi connectivity index (χ2v) is 7.43. The van der Waals surface area contributed by atoms with Gasteiger partial charge in [0.05, 0.1) is 10.4 Å². The molecule has 2 fully saturated rings. The van der Waals surface area contributed by atoms with Crippen LogP contribution >= 0.6 is 22.9 Å². The van der Waals surface area contributed by atoms with Crippen molar-refractivity contribution in [3.05, 3.63) is 21.3 Å². The lowest BCUT2D eigenvalue weighted by molar-refractivity contribution is -0.112. The molecule has 2 aliphatic rings. The number of rotatable bonds is 3. The van der Waals surface area contributed by atoms with Crippen LogP contribution < -0.4 is 5.32 Å². The standard InChI is InChI=1S/C13H18ClNOS/c1-13(2)11(9-5-6-16-12(9)13)15-7-8-3-4-10(14)17-8/h3-4,9,11-12,15H,5-7H2,1-2H3. The molecule has 1 aliphatic carbocycles. The molecule has 0 spiro atoms. The number of fused-ring (bicyclic) bond motifs is 1. The van der Waals surface area contributed by atoms with E-state index in [2.05, 4.69) is 25.2 Å². The first-order valence-corrected chi connectivity index (χ1v) is 7.37. The van der Waals surface area contributed by atoms with Crippen molar-refractivity contribution >= 4 is 22.9 Å². The molecule has 1 aliphatic heterocycles. The van der Waals surface area contributed by atoms with Gasteiger partial charge in [0.25, 0.3) is 0 Å². The molecule has 1 N–H and O–H groups in total. The number of ether oxygens (including phenoxy) is 1. The molecule has 94 valence electrons. The molecule has 1 aromatic rings. The molecule has 0 amide bonds. The van der Waals surface area contributed by atoms with Crippen LogP contribution in [0.1, 0.15) is 25.1 Å². The summed E-state index contributed by atoms with van der Waals surface area (Å²) in [6.07, 6.45) is 1.67. The van der Waals surface area contributed by atoms with Crippen molar-refractivity contribution in [3.8, 4) is 0 Å². The summed E-state index contributed by atoms with van der Waals surface area (Å²) < 4.78 is 6.67. The zero-order valence-corrected chi connectivity index (χ0v) is 11.8. The lowest BCUT2D eigenvalue weighted by Gasteiger charge is -2.55. The summed E-state index contributed by atoms with van der Waals surface area (Å²) in [4.78, 5) is 1.31. The predicted molar refractivity (Wildman–Crippen MR) is 71.6 cm³/mol. The fourth-order valence-electron chi connectivity index (χ4n) is 3.40. The van der Waals surface area contributed by atoms with Gasteiger partial charge in [0.15, 0.2) is 0 Å². The number of nitrogens with one attached hydrogen (secondary N) is 1. The topological polar surface area (TPSA) is 21.3 Å². The van der Waals surface area contributed by atoms with Gasteiger partial charge in [-0.2, -0.15) is 0 Å². The van der Waals surface area contributed by atoms with Gasteiger partial charge in [-0.15, -0.1) is 11.3 Å². The van der Waals surface area contributed by atoms with Crippen LogP contribution in [0.4, 0.5) is 0 Å². The van der Waals surface area contributed by atoms with E-state index in [4.69, 9.17) is 16.3 Å². The van der Waals surface area contributed by atoms with Gasteiger partial charge in [-0.3, -0.25) is 0 Å². The largest absolute Gasteiger partial charge is 0.377 e. The maximum absolute atomic E-state index is 5.94. The Labute approximate surface area is 111 Å². The Morgan fingerprint density at radius 1 is 1.53 bits per heavy atom. The maximum atomic E-state index is 5.94. The normalized spacial score (nSPS) is 34.4. The van der Waals surface area contributed by atoms with Crippen molar-refractivity contribution in [2.45, 2.75) is 39.0 Å². The zero-order valence-electron chi connectivity index (χ0n) is 10.2.